The molecule has 0 unspecified atom stereocenters. The van der Waals surface area contributed by atoms with Crippen molar-refractivity contribution < 1.29 is 14.6 Å². The number of aromatic hydroxyl groups is 1. The quantitative estimate of drug-likeness (QED) is 0.740. The van der Waals surface area contributed by atoms with E-state index in [1.807, 2.05) is 0 Å². The Morgan fingerprint density at radius 2 is 2.21 bits per heavy atom. The molecule has 0 saturated carbocycles. The highest BCUT2D eigenvalue weighted by Crippen LogP contribution is 2.13. The van der Waals surface area contributed by atoms with Crippen LogP contribution in [0.4, 0.5) is 4.39 Å². The van der Waals surface area contributed by atoms with E-state index in [9.17, 15) is 14.3 Å². The van der Waals surface area contributed by atoms with E-state index in [1.165, 1.54) is 10.6 Å². The standard InChI is InChI=1S/C9H12FNO3/c1-6-4-8(13)9(14)7(5-12)11(6)3-2-10/h4,12,14H,2-3,5H2,1H3. The van der Waals surface area contributed by atoms with E-state index in [-0.39, 0.29) is 12.2 Å². The van der Waals surface area contributed by atoms with Gasteiger partial charge in [0.25, 0.3) is 0 Å². The van der Waals surface area contributed by atoms with E-state index in [2.05, 4.69) is 0 Å². The summed E-state index contributed by atoms with van der Waals surface area (Å²) in [4.78, 5) is 11.1. The highest BCUT2D eigenvalue weighted by atomic mass is 19.1. The van der Waals surface area contributed by atoms with Crippen LogP contribution in [0.2, 0.25) is 0 Å². The average Bonchev–Trinajstić information content (AvgIpc) is 2.15. The molecule has 1 rings (SSSR count). The number of hydrogen-bond donors (Lipinski definition) is 2. The van der Waals surface area contributed by atoms with Crippen molar-refractivity contribution in [2.24, 2.45) is 0 Å². The van der Waals surface area contributed by atoms with Gasteiger partial charge in [0.1, 0.15) is 6.67 Å². The van der Waals surface area contributed by atoms with Crippen molar-refractivity contribution in [3.8, 4) is 5.75 Å². The van der Waals surface area contributed by atoms with E-state index < -0.39 is 24.5 Å². The number of aliphatic hydroxyl groups is 1. The average molecular weight is 201 g/mol. The molecule has 78 valence electrons. The van der Waals surface area contributed by atoms with Crippen LogP contribution in [0.25, 0.3) is 0 Å². The lowest BCUT2D eigenvalue weighted by Gasteiger charge is -2.14. The lowest BCUT2D eigenvalue weighted by Crippen LogP contribution is -2.17. The van der Waals surface area contributed by atoms with Gasteiger partial charge in [-0.25, -0.2) is 4.39 Å². The van der Waals surface area contributed by atoms with Gasteiger partial charge in [0.2, 0.25) is 5.43 Å². The number of nitrogens with zero attached hydrogens (tertiary/aromatic N) is 1. The summed E-state index contributed by atoms with van der Waals surface area (Å²) in [6.07, 6.45) is 0. The molecule has 0 fully saturated rings. The number of aryl methyl sites for hydroxylation is 1. The largest absolute Gasteiger partial charge is 0.503 e. The zero-order chi connectivity index (χ0) is 10.7. The van der Waals surface area contributed by atoms with E-state index >= 15 is 0 Å². The van der Waals surface area contributed by atoms with Crippen LogP contribution >= 0.6 is 0 Å². The molecule has 0 aliphatic carbocycles. The van der Waals surface area contributed by atoms with E-state index in [1.54, 1.807) is 6.92 Å². The summed E-state index contributed by atoms with van der Waals surface area (Å²) in [6.45, 7) is 0.546. The van der Waals surface area contributed by atoms with Crippen LogP contribution < -0.4 is 5.43 Å². The fraction of sp³-hybridized carbons (Fsp3) is 0.444. The van der Waals surface area contributed by atoms with Crippen LogP contribution in [-0.2, 0) is 13.2 Å². The number of hydrogen-bond acceptors (Lipinski definition) is 3. The van der Waals surface area contributed by atoms with E-state index in [0.717, 1.165) is 0 Å². The van der Waals surface area contributed by atoms with Gasteiger partial charge < -0.3 is 14.8 Å². The van der Waals surface area contributed by atoms with Crippen molar-refractivity contribution >= 4 is 0 Å². The molecular weight excluding hydrogens is 189 g/mol. The van der Waals surface area contributed by atoms with Gasteiger partial charge in [-0.15, -0.1) is 0 Å². The van der Waals surface area contributed by atoms with Crippen molar-refractivity contribution in [3.05, 3.63) is 27.7 Å². The zero-order valence-electron chi connectivity index (χ0n) is 7.83. The molecule has 1 aromatic rings. The fourth-order valence-corrected chi connectivity index (χ4v) is 1.37. The number of alkyl halides is 1. The number of pyridine rings is 1. The van der Waals surface area contributed by atoms with Gasteiger partial charge in [0.05, 0.1) is 18.8 Å². The number of aliphatic hydroxyl groups excluding tert-OH is 1. The molecule has 4 nitrogen and oxygen atoms in total. The van der Waals surface area contributed by atoms with Crippen molar-refractivity contribution in [3.63, 3.8) is 0 Å². The molecule has 0 radical (unpaired) electrons. The van der Waals surface area contributed by atoms with Crippen molar-refractivity contribution in [2.45, 2.75) is 20.1 Å². The molecule has 0 atom stereocenters. The summed E-state index contributed by atoms with van der Waals surface area (Å²) in [5.74, 6) is -0.508. The Bertz CT molecular complexity index is 386. The van der Waals surface area contributed by atoms with Crippen LogP contribution in [0.1, 0.15) is 11.4 Å². The minimum atomic E-state index is -0.615. The Morgan fingerprint density at radius 3 is 2.71 bits per heavy atom. The molecule has 1 heterocycles. The highest BCUT2D eigenvalue weighted by Gasteiger charge is 2.11. The molecule has 0 aromatic carbocycles. The fourth-order valence-electron chi connectivity index (χ4n) is 1.37. The topological polar surface area (TPSA) is 62.5 Å². The van der Waals surface area contributed by atoms with Gasteiger partial charge in [-0.2, -0.15) is 0 Å². The Labute approximate surface area is 80.2 Å². The van der Waals surface area contributed by atoms with Gasteiger partial charge in [0, 0.05) is 11.8 Å². The summed E-state index contributed by atoms with van der Waals surface area (Å²) in [5.41, 5.74) is 0.0313. The third-order valence-corrected chi connectivity index (χ3v) is 2.06. The van der Waals surface area contributed by atoms with Gasteiger partial charge in [-0.3, -0.25) is 4.79 Å². The Morgan fingerprint density at radius 1 is 1.57 bits per heavy atom. The summed E-state index contributed by atoms with van der Waals surface area (Å²) >= 11 is 0. The summed E-state index contributed by atoms with van der Waals surface area (Å²) < 4.78 is 13.5. The zero-order valence-corrected chi connectivity index (χ0v) is 7.83. The van der Waals surface area contributed by atoms with Crippen molar-refractivity contribution in [1.29, 1.82) is 0 Å². The third-order valence-electron chi connectivity index (χ3n) is 2.06. The van der Waals surface area contributed by atoms with Gasteiger partial charge in [0.15, 0.2) is 5.75 Å². The van der Waals surface area contributed by atoms with Gasteiger partial charge >= 0.3 is 0 Å². The van der Waals surface area contributed by atoms with Crippen LogP contribution in [-0.4, -0.2) is 21.5 Å². The Kier molecular flexibility index (Phi) is 3.24. The maximum atomic E-state index is 12.1. The van der Waals surface area contributed by atoms with Crippen LogP contribution in [0.3, 0.4) is 0 Å². The summed E-state index contributed by atoms with van der Waals surface area (Å²) in [6, 6.07) is 1.21. The molecule has 0 spiro atoms. The molecule has 5 heteroatoms. The second-order valence-electron chi connectivity index (χ2n) is 2.94. The van der Waals surface area contributed by atoms with Gasteiger partial charge in [-0.1, -0.05) is 0 Å². The molecule has 2 N–H and O–H groups in total. The minimum Gasteiger partial charge on any atom is -0.503 e. The van der Waals surface area contributed by atoms with Crippen LogP contribution in [0.5, 0.6) is 5.75 Å². The predicted molar refractivity (Wildman–Crippen MR) is 49.0 cm³/mol. The molecule has 14 heavy (non-hydrogen) atoms. The Balaban J connectivity index is 3.39. The molecular formula is C9H12FNO3. The molecule has 0 aliphatic heterocycles. The molecule has 1 aromatic heterocycles. The number of halogens is 1. The second-order valence-corrected chi connectivity index (χ2v) is 2.94. The maximum absolute atomic E-state index is 12.1. The van der Waals surface area contributed by atoms with Crippen molar-refractivity contribution in [2.75, 3.05) is 6.67 Å². The molecule has 0 bridgehead atoms. The number of aromatic nitrogens is 1. The predicted octanol–water partition coefficient (Wildman–Crippen LogP) is 0.324. The minimum absolute atomic E-state index is 0.0234. The number of rotatable bonds is 3. The SMILES string of the molecule is Cc1cc(=O)c(O)c(CO)n1CCF. The first kappa shape index (κ1) is 10.7. The molecule has 0 aliphatic rings. The molecule has 0 amide bonds. The van der Waals surface area contributed by atoms with Crippen LogP contribution in [0.15, 0.2) is 10.9 Å². The summed E-state index contributed by atoms with van der Waals surface area (Å²) in [5, 5.41) is 18.2. The lowest BCUT2D eigenvalue weighted by atomic mass is 10.2. The first-order valence-electron chi connectivity index (χ1n) is 4.21. The first-order chi connectivity index (χ1) is 6.61. The third kappa shape index (κ3) is 1.77. The first-order valence-corrected chi connectivity index (χ1v) is 4.21. The van der Waals surface area contributed by atoms with Crippen molar-refractivity contribution in [1.82, 2.24) is 4.57 Å². The Hall–Kier alpha value is -1.36. The lowest BCUT2D eigenvalue weighted by molar-refractivity contribution is 0.258. The smallest absolute Gasteiger partial charge is 0.223 e. The monoisotopic (exact) mass is 201 g/mol. The molecule has 0 saturated heterocycles. The maximum Gasteiger partial charge on any atom is 0.223 e. The van der Waals surface area contributed by atoms with E-state index in [0.29, 0.717) is 5.69 Å². The summed E-state index contributed by atoms with van der Waals surface area (Å²) in [7, 11) is 0. The van der Waals surface area contributed by atoms with E-state index in [4.69, 9.17) is 5.11 Å². The highest BCUT2D eigenvalue weighted by molar-refractivity contribution is 5.29. The van der Waals surface area contributed by atoms with Crippen LogP contribution in [0, 0.1) is 6.92 Å². The second kappa shape index (κ2) is 4.23. The normalized spacial score (nSPS) is 10.5. The van der Waals surface area contributed by atoms with Gasteiger partial charge in [-0.05, 0) is 6.92 Å².